The van der Waals surface area contributed by atoms with Crippen LogP contribution in [0.5, 0.6) is 0 Å². The van der Waals surface area contributed by atoms with E-state index >= 15 is 0 Å². The van der Waals surface area contributed by atoms with E-state index < -0.39 is 11.6 Å². The molecule has 0 saturated heterocycles. The van der Waals surface area contributed by atoms with Gasteiger partial charge in [-0.25, -0.2) is 8.78 Å². The molecule has 93 valence electrons. The minimum absolute atomic E-state index is 0.386. The second kappa shape index (κ2) is 5.49. The molecule has 0 atom stereocenters. The summed E-state index contributed by atoms with van der Waals surface area (Å²) in [5.41, 5.74) is 1.55. The van der Waals surface area contributed by atoms with Gasteiger partial charge in [-0.1, -0.05) is 30.7 Å². The summed E-state index contributed by atoms with van der Waals surface area (Å²) in [5.74, 6) is -1.09. The lowest BCUT2D eigenvalue weighted by Gasteiger charge is -2.08. The fraction of sp³-hybridized carbons (Fsp3) is 0.133. The molecule has 0 spiro atoms. The van der Waals surface area contributed by atoms with Gasteiger partial charge in [0.05, 0.1) is 0 Å². The van der Waals surface area contributed by atoms with Crippen molar-refractivity contribution < 1.29 is 8.78 Å². The molecular weight excluding hydrogens is 254 g/mol. The Hall–Kier alpha value is -1.41. The lowest BCUT2D eigenvalue weighted by molar-refractivity contribution is 0.574. The monoisotopic (exact) mass is 265 g/mol. The third-order valence-corrected chi connectivity index (χ3v) is 2.99. The van der Waals surface area contributed by atoms with Crippen molar-refractivity contribution in [2.45, 2.75) is 12.8 Å². The Kier molecular flexibility index (Phi) is 3.97. The standard InChI is InChI=1S/C15H12ClF2/c1-2-3-11-8-13(15(18)9-14(11)17)10-4-6-12(16)7-5-10/h4-9H,1-3H2. The van der Waals surface area contributed by atoms with Crippen molar-refractivity contribution in [2.75, 3.05) is 0 Å². The summed E-state index contributed by atoms with van der Waals surface area (Å²) >= 11 is 5.78. The zero-order valence-corrected chi connectivity index (χ0v) is 10.5. The molecule has 0 aliphatic heterocycles. The van der Waals surface area contributed by atoms with Crippen LogP contribution in [0.4, 0.5) is 8.78 Å². The molecule has 18 heavy (non-hydrogen) atoms. The molecular formula is C15H12ClF2. The minimum atomic E-state index is -0.567. The molecule has 0 unspecified atom stereocenters. The van der Waals surface area contributed by atoms with Crippen molar-refractivity contribution in [1.29, 1.82) is 0 Å². The quantitative estimate of drug-likeness (QED) is 0.728. The zero-order valence-electron chi connectivity index (χ0n) is 9.72. The third kappa shape index (κ3) is 2.70. The first-order valence-corrected chi connectivity index (χ1v) is 6.02. The second-order valence-electron chi connectivity index (χ2n) is 4.03. The summed E-state index contributed by atoms with van der Waals surface area (Å²) in [6.07, 6.45) is 1.06. The molecule has 0 fully saturated rings. The predicted octanol–water partition coefficient (Wildman–Crippen LogP) is 5.05. The lowest BCUT2D eigenvalue weighted by Crippen LogP contribution is -1.94. The van der Waals surface area contributed by atoms with Crippen molar-refractivity contribution >= 4 is 11.6 Å². The van der Waals surface area contributed by atoms with Gasteiger partial charge in [-0.3, -0.25) is 0 Å². The predicted molar refractivity (Wildman–Crippen MR) is 70.5 cm³/mol. The lowest BCUT2D eigenvalue weighted by atomic mass is 10.00. The van der Waals surface area contributed by atoms with E-state index in [1.807, 2.05) is 0 Å². The van der Waals surface area contributed by atoms with Crippen molar-refractivity contribution in [2.24, 2.45) is 0 Å². The molecule has 0 nitrogen and oxygen atoms in total. The van der Waals surface area contributed by atoms with E-state index in [0.29, 0.717) is 34.6 Å². The molecule has 2 rings (SSSR count). The molecule has 2 aromatic rings. The molecule has 0 saturated carbocycles. The molecule has 0 aliphatic carbocycles. The molecule has 0 amide bonds. The highest BCUT2D eigenvalue weighted by atomic mass is 35.5. The number of hydrogen-bond acceptors (Lipinski definition) is 0. The molecule has 0 bridgehead atoms. The second-order valence-corrected chi connectivity index (χ2v) is 4.47. The number of hydrogen-bond donors (Lipinski definition) is 0. The van der Waals surface area contributed by atoms with E-state index in [2.05, 4.69) is 6.92 Å². The Bertz CT molecular complexity index is 547. The van der Waals surface area contributed by atoms with E-state index in [1.165, 1.54) is 0 Å². The number of halogens is 3. The molecule has 0 N–H and O–H groups in total. The average Bonchev–Trinajstić information content (AvgIpc) is 2.34. The van der Waals surface area contributed by atoms with Crippen LogP contribution in [0.2, 0.25) is 5.02 Å². The molecule has 1 radical (unpaired) electrons. The maximum Gasteiger partial charge on any atom is 0.133 e. The van der Waals surface area contributed by atoms with E-state index in [9.17, 15) is 8.78 Å². The van der Waals surface area contributed by atoms with Crippen LogP contribution < -0.4 is 0 Å². The van der Waals surface area contributed by atoms with E-state index in [4.69, 9.17) is 11.6 Å². The number of benzene rings is 2. The first-order chi connectivity index (χ1) is 8.61. The zero-order chi connectivity index (χ0) is 13.1. The van der Waals surface area contributed by atoms with Gasteiger partial charge in [0.2, 0.25) is 0 Å². The molecule has 0 heterocycles. The van der Waals surface area contributed by atoms with E-state index in [1.54, 1.807) is 30.3 Å². The first-order valence-electron chi connectivity index (χ1n) is 5.65. The van der Waals surface area contributed by atoms with Crippen LogP contribution in [0.3, 0.4) is 0 Å². The van der Waals surface area contributed by atoms with Gasteiger partial charge in [0.25, 0.3) is 0 Å². The van der Waals surface area contributed by atoms with Gasteiger partial charge in [-0.05, 0) is 42.2 Å². The summed E-state index contributed by atoms with van der Waals surface area (Å²) in [5, 5.41) is 0.583. The smallest absolute Gasteiger partial charge is 0.133 e. The SMILES string of the molecule is [CH2]CCc1cc(-c2ccc(Cl)cc2)c(F)cc1F. The summed E-state index contributed by atoms with van der Waals surface area (Å²) in [6, 6.07) is 9.26. The first kappa shape index (κ1) is 13.0. The van der Waals surface area contributed by atoms with E-state index in [0.717, 1.165) is 6.07 Å². The number of aryl methyl sites for hydroxylation is 1. The van der Waals surface area contributed by atoms with Crippen LogP contribution >= 0.6 is 11.6 Å². The fourth-order valence-electron chi connectivity index (χ4n) is 1.83. The maximum absolute atomic E-state index is 13.8. The molecule has 2 aromatic carbocycles. The topological polar surface area (TPSA) is 0 Å². The average molecular weight is 266 g/mol. The van der Waals surface area contributed by atoms with Gasteiger partial charge in [0, 0.05) is 16.7 Å². The van der Waals surface area contributed by atoms with Gasteiger partial charge >= 0.3 is 0 Å². The van der Waals surface area contributed by atoms with E-state index in [-0.39, 0.29) is 0 Å². The fourth-order valence-corrected chi connectivity index (χ4v) is 1.95. The summed E-state index contributed by atoms with van der Waals surface area (Å²) in [6.45, 7) is 3.68. The van der Waals surface area contributed by atoms with Crippen molar-refractivity contribution in [3.05, 3.63) is 65.5 Å². The Morgan fingerprint density at radius 3 is 2.28 bits per heavy atom. The van der Waals surface area contributed by atoms with Crippen molar-refractivity contribution in [3.63, 3.8) is 0 Å². The van der Waals surface area contributed by atoms with Gasteiger partial charge in [0.1, 0.15) is 11.6 Å². The summed E-state index contributed by atoms with van der Waals surface area (Å²) < 4.78 is 27.3. The van der Waals surface area contributed by atoms with Crippen LogP contribution in [-0.4, -0.2) is 0 Å². The highest BCUT2D eigenvalue weighted by Crippen LogP contribution is 2.27. The minimum Gasteiger partial charge on any atom is -0.207 e. The van der Waals surface area contributed by atoms with Gasteiger partial charge in [-0.15, -0.1) is 0 Å². The van der Waals surface area contributed by atoms with Crippen molar-refractivity contribution in [3.8, 4) is 11.1 Å². The van der Waals surface area contributed by atoms with Crippen LogP contribution in [-0.2, 0) is 6.42 Å². The Labute approximate surface area is 110 Å². The third-order valence-electron chi connectivity index (χ3n) is 2.74. The largest absolute Gasteiger partial charge is 0.207 e. The maximum atomic E-state index is 13.8. The summed E-state index contributed by atoms with van der Waals surface area (Å²) in [7, 11) is 0. The Morgan fingerprint density at radius 2 is 1.67 bits per heavy atom. The number of rotatable bonds is 3. The van der Waals surface area contributed by atoms with Crippen LogP contribution in [0.25, 0.3) is 11.1 Å². The Balaban J connectivity index is 2.49. The highest BCUT2D eigenvalue weighted by Gasteiger charge is 2.11. The molecule has 0 aromatic heterocycles. The molecule has 0 aliphatic rings. The normalized spacial score (nSPS) is 10.7. The van der Waals surface area contributed by atoms with Gasteiger partial charge in [-0.2, -0.15) is 0 Å². The van der Waals surface area contributed by atoms with Crippen molar-refractivity contribution in [1.82, 2.24) is 0 Å². The van der Waals surface area contributed by atoms with Crippen LogP contribution in [0.15, 0.2) is 36.4 Å². The summed E-state index contributed by atoms with van der Waals surface area (Å²) in [4.78, 5) is 0. The van der Waals surface area contributed by atoms with Gasteiger partial charge < -0.3 is 0 Å². The highest BCUT2D eigenvalue weighted by molar-refractivity contribution is 6.30. The van der Waals surface area contributed by atoms with Gasteiger partial charge in [0.15, 0.2) is 0 Å². The Morgan fingerprint density at radius 1 is 1.00 bits per heavy atom. The van der Waals surface area contributed by atoms with Crippen LogP contribution in [0.1, 0.15) is 12.0 Å². The van der Waals surface area contributed by atoms with Crippen LogP contribution in [0, 0.1) is 18.6 Å². The molecule has 3 heteroatoms.